The molecule has 1 saturated carbocycles. The van der Waals surface area contributed by atoms with E-state index in [4.69, 9.17) is 10.5 Å². The number of carbonyl (C=O) groups excluding carboxylic acids is 1. The van der Waals surface area contributed by atoms with Gasteiger partial charge in [-0.3, -0.25) is 9.78 Å². The number of nitrogens with one attached hydrogen (secondary N) is 1. The Labute approximate surface area is 212 Å². The van der Waals surface area contributed by atoms with Gasteiger partial charge in [0, 0.05) is 24.4 Å². The van der Waals surface area contributed by atoms with Crippen molar-refractivity contribution in [3.63, 3.8) is 0 Å². The minimum atomic E-state index is -1.07. The number of benzene rings is 1. The lowest BCUT2D eigenvalue weighted by Gasteiger charge is -2.36. The van der Waals surface area contributed by atoms with Crippen molar-refractivity contribution < 1.29 is 27.8 Å². The standard InChI is InChI=1S/C27H29F3N4O3/c1-13(2)37-16-10-19(29)24(20(30)11-16)25-18(28)4-5-22(33-25)27(36)34-23-12-32-7-6-17(23)15-8-14(3)26(35)21(31)9-15/h4-7,10-15,21,26,35H,8-9,31H2,1-3H3,(H,34,36)/t14-,15+,21+,26+/m0/s1. The minimum Gasteiger partial charge on any atom is -0.491 e. The summed E-state index contributed by atoms with van der Waals surface area (Å²) in [5.74, 6) is -3.94. The molecule has 0 saturated heterocycles. The summed E-state index contributed by atoms with van der Waals surface area (Å²) in [5, 5.41) is 12.9. The maximum Gasteiger partial charge on any atom is 0.274 e. The molecule has 7 nitrogen and oxygen atoms in total. The van der Waals surface area contributed by atoms with Gasteiger partial charge in [0.05, 0.1) is 29.7 Å². The molecule has 1 amide bonds. The van der Waals surface area contributed by atoms with Gasteiger partial charge in [0.15, 0.2) is 0 Å². The molecular weight excluding hydrogens is 485 g/mol. The second-order valence-electron chi connectivity index (χ2n) is 9.67. The van der Waals surface area contributed by atoms with Crippen LogP contribution in [0.5, 0.6) is 5.75 Å². The van der Waals surface area contributed by atoms with Gasteiger partial charge in [-0.25, -0.2) is 18.2 Å². The van der Waals surface area contributed by atoms with E-state index in [0.717, 1.165) is 29.8 Å². The van der Waals surface area contributed by atoms with Crippen LogP contribution < -0.4 is 15.8 Å². The Morgan fingerprint density at radius 2 is 1.84 bits per heavy atom. The fourth-order valence-corrected chi connectivity index (χ4v) is 4.74. The monoisotopic (exact) mass is 514 g/mol. The van der Waals surface area contributed by atoms with Crippen LogP contribution in [0.2, 0.25) is 0 Å². The number of hydrogen-bond donors (Lipinski definition) is 3. The Kier molecular flexibility index (Phi) is 7.79. The van der Waals surface area contributed by atoms with Gasteiger partial charge < -0.3 is 20.9 Å². The molecule has 1 fully saturated rings. The summed E-state index contributed by atoms with van der Waals surface area (Å²) in [6.45, 7) is 5.32. The molecule has 0 bridgehead atoms. The summed E-state index contributed by atoms with van der Waals surface area (Å²) >= 11 is 0. The molecule has 196 valence electrons. The third kappa shape index (κ3) is 5.75. The summed E-state index contributed by atoms with van der Waals surface area (Å²) < 4.78 is 49.5. The highest BCUT2D eigenvalue weighted by molar-refractivity contribution is 6.03. The van der Waals surface area contributed by atoms with Crippen LogP contribution in [0.4, 0.5) is 18.9 Å². The topological polar surface area (TPSA) is 110 Å². The summed E-state index contributed by atoms with van der Waals surface area (Å²) in [7, 11) is 0. The number of aliphatic hydroxyl groups excluding tert-OH is 1. The van der Waals surface area contributed by atoms with E-state index in [-0.39, 0.29) is 29.4 Å². The molecular formula is C27H29F3N4O3. The molecule has 10 heteroatoms. The van der Waals surface area contributed by atoms with Gasteiger partial charge in [-0.05, 0) is 62.3 Å². The van der Waals surface area contributed by atoms with Crippen molar-refractivity contribution in [3.05, 3.63) is 71.4 Å². The Hall–Kier alpha value is -3.50. The highest BCUT2D eigenvalue weighted by atomic mass is 19.1. The summed E-state index contributed by atoms with van der Waals surface area (Å²) in [5.41, 5.74) is 5.74. The number of halogens is 3. The molecule has 0 unspecified atom stereocenters. The lowest BCUT2D eigenvalue weighted by atomic mass is 9.74. The minimum absolute atomic E-state index is 0.0294. The van der Waals surface area contributed by atoms with Crippen LogP contribution in [0.15, 0.2) is 42.7 Å². The van der Waals surface area contributed by atoms with E-state index in [2.05, 4.69) is 15.3 Å². The van der Waals surface area contributed by atoms with Crippen LogP contribution in [-0.4, -0.2) is 39.2 Å². The summed E-state index contributed by atoms with van der Waals surface area (Å²) in [4.78, 5) is 21.1. The van der Waals surface area contributed by atoms with Crippen LogP contribution >= 0.6 is 0 Å². The molecule has 0 aliphatic heterocycles. The fourth-order valence-electron chi connectivity index (χ4n) is 4.74. The molecule has 0 spiro atoms. The number of carbonyl (C=O) groups is 1. The van der Waals surface area contributed by atoms with Crippen LogP contribution in [-0.2, 0) is 0 Å². The number of rotatable bonds is 6. The normalized spacial score (nSPS) is 21.6. The molecule has 2 heterocycles. The second kappa shape index (κ2) is 10.9. The number of hydrogen-bond acceptors (Lipinski definition) is 6. The maximum atomic E-state index is 14.8. The number of pyridine rings is 2. The number of aromatic nitrogens is 2. The van der Waals surface area contributed by atoms with Crippen molar-refractivity contribution in [1.29, 1.82) is 0 Å². The van der Waals surface area contributed by atoms with Gasteiger partial charge in [-0.2, -0.15) is 0 Å². The first-order valence-electron chi connectivity index (χ1n) is 12.1. The highest BCUT2D eigenvalue weighted by Crippen LogP contribution is 2.38. The zero-order valence-electron chi connectivity index (χ0n) is 20.7. The van der Waals surface area contributed by atoms with Crippen molar-refractivity contribution in [2.24, 2.45) is 11.7 Å². The number of ether oxygens (including phenoxy) is 1. The summed E-state index contributed by atoms with van der Waals surface area (Å²) in [6, 6.07) is 5.32. The van der Waals surface area contributed by atoms with Crippen molar-refractivity contribution in [2.75, 3.05) is 5.32 Å². The van der Waals surface area contributed by atoms with E-state index in [1.807, 2.05) is 6.92 Å². The van der Waals surface area contributed by atoms with E-state index >= 15 is 0 Å². The Balaban J connectivity index is 1.62. The Bertz CT molecular complexity index is 1270. The van der Waals surface area contributed by atoms with Crippen LogP contribution in [0.25, 0.3) is 11.3 Å². The average Bonchev–Trinajstić information content (AvgIpc) is 2.82. The number of amides is 1. The molecule has 0 radical (unpaired) electrons. The van der Waals surface area contributed by atoms with E-state index in [9.17, 15) is 23.1 Å². The number of anilines is 1. The Morgan fingerprint density at radius 3 is 2.49 bits per heavy atom. The highest BCUT2D eigenvalue weighted by Gasteiger charge is 2.34. The third-order valence-corrected chi connectivity index (χ3v) is 6.48. The zero-order valence-corrected chi connectivity index (χ0v) is 20.7. The van der Waals surface area contributed by atoms with E-state index in [0.29, 0.717) is 18.5 Å². The maximum absolute atomic E-state index is 14.8. The van der Waals surface area contributed by atoms with Crippen molar-refractivity contribution >= 4 is 11.6 Å². The predicted molar refractivity (Wildman–Crippen MR) is 133 cm³/mol. The molecule has 1 aliphatic carbocycles. The molecule has 37 heavy (non-hydrogen) atoms. The quantitative estimate of drug-likeness (QED) is 0.436. The van der Waals surface area contributed by atoms with Gasteiger partial charge >= 0.3 is 0 Å². The number of nitrogens with zero attached hydrogens (tertiary/aromatic N) is 2. The first-order valence-corrected chi connectivity index (χ1v) is 12.1. The van der Waals surface area contributed by atoms with Gasteiger partial charge in [-0.15, -0.1) is 0 Å². The molecule has 1 aliphatic rings. The predicted octanol–water partition coefficient (Wildman–Crippen LogP) is 4.80. The van der Waals surface area contributed by atoms with E-state index in [1.165, 1.54) is 6.20 Å². The van der Waals surface area contributed by atoms with Crippen LogP contribution in [0.3, 0.4) is 0 Å². The largest absolute Gasteiger partial charge is 0.491 e. The van der Waals surface area contributed by atoms with E-state index in [1.54, 1.807) is 26.1 Å². The lowest BCUT2D eigenvalue weighted by Crippen LogP contribution is -2.44. The van der Waals surface area contributed by atoms with Crippen molar-refractivity contribution in [3.8, 4) is 17.0 Å². The fraction of sp³-hybridized carbons (Fsp3) is 0.370. The van der Waals surface area contributed by atoms with Gasteiger partial charge in [0.2, 0.25) is 0 Å². The molecule has 4 N–H and O–H groups in total. The van der Waals surface area contributed by atoms with Crippen LogP contribution in [0, 0.1) is 23.4 Å². The smallest absolute Gasteiger partial charge is 0.274 e. The molecule has 4 rings (SSSR count). The van der Waals surface area contributed by atoms with Gasteiger partial charge in [0.1, 0.15) is 34.6 Å². The zero-order chi connectivity index (χ0) is 26.9. The van der Waals surface area contributed by atoms with E-state index < -0.39 is 46.8 Å². The van der Waals surface area contributed by atoms with Crippen molar-refractivity contribution in [2.45, 2.75) is 57.8 Å². The van der Waals surface area contributed by atoms with Crippen molar-refractivity contribution in [1.82, 2.24) is 9.97 Å². The summed E-state index contributed by atoms with van der Waals surface area (Å²) in [6.07, 6.45) is 3.33. The average molecular weight is 515 g/mol. The molecule has 4 atom stereocenters. The van der Waals surface area contributed by atoms with Crippen LogP contribution in [0.1, 0.15) is 55.6 Å². The second-order valence-corrected chi connectivity index (χ2v) is 9.67. The molecule has 3 aromatic rings. The Morgan fingerprint density at radius 1 is 1.14 bits per heavy atom. The first-order chi connectivity index (χ1) is 17.5. The van der Waals surface area contributed by atoms with Gasteiger partial charge in [-0.1, -0.05) is 6.92 Å². The molecule has 1 aromatic carbocycles. The number of nitrogens with two attached hydrogens (primary N) is 1. The van der Waals surface area contributed by atoms with Gasteiger partial charge in [0.25, 0.3) is 5.91 Å². The third-order valence-electron chi connectivity index (χ3n) is 6.48. The number of aliphatic hydroxyl groups is 1. The first kappa shape index (κ1) is 26.6. The molecule has 2 aromatic heterocycles. The SMILES string of the molecule is CC(C)Oc1cc(F)c(-c2nc(C(=O)Nc3cnccc3[C@H]3C[C@@H](N)[C@H](O)[C@@H](C)C3)ccc2F)c(F)c1. The lowest BCUT2D eigenvalue weighted by molar-refractivity contribution is 0.0521.